The number of aliphatic hydroxyl groups excluding tert-OH is 1. The molecule has 0 aliphatic rings. The minimum Gasteiger partial charge on any atom is -0.478 e. The number of hydrogen-bond acceptors (Lipinski definition) is 2. The summed E-state index contributed by atoms with van der Waals surface area (Å²) in [5.74, 6) is -0.905. The average molecular weight is 234 g/mol. The van der Waals surface area contributed by atoms with E-state index in [2.05, 4.69) is 6.58 Å². The molecule has 0 aromatic heterocycles. The van der Waals surface area contributed by atoms with Crippen LogP contribution < -0.4 is 0 Å². The molecule has 2 N–H and O–H groups in total. The maximum absolute atomic E-state index is 10.9. The number of benzene rings is 1. The van der Waals surface area contributed by atoms with Gasteiger partial charge in [-0.05, 0) is 42.5 Å². The first kappa shape index (κ1) is 13.5. The summed E-state index contributed by atoms with van der Waals surface area (Å²) in [6.45, 7) is 3.93. The van der Waals surface area contributed by atoms with Crippen molar-refractivity contribution in [1.29, 1.82) is 0 Å². The quantitative estimate of drug-likeness (QED) is 0.713. The molecule has 0 aliphatic heterocycles. The fourth-order valence-electron chi connectivity index (χ4n) is 1.76. The van der Waals surface area contributed by atoms with E-state index in [0.717, 1.165) is 36.8 Å². The number of rotatable bonds is 7. The molecule has 0 aliphatic carbocycles. The molecule has 0 bridgehead atoms. The zero-order valence-corrected chi connectivity index (χ0v) is 9.85. The Morgan fingerprint density at radius 3 is 2.65 bits per heavy atom. The Labute approximate surface area is 101 Å². The maximum Gasteiger partial charge on any atom is 0.335 e. The molecule has 3 heteroatoms. The van der Waals surface area contributed by atoms with Crippen molar-refractivity contribution in [3.63, 3.8) is 0 Å². The van der Waals surface area contributed by atoms with Crippen LogP contribution >= 0.6 is 0 Å². The Kier molecular flexibility index (Phi) is 5.43. The van der Waals surface area contributed by atoms with Crippen molar-refractivity contribution in [1.82, 2.24) is 0 Å². The minimum absolute atomic E-state index is 0.212. The van der Waals surface area contributed by atoms with Crippen LogP contribution in [0.1, 0.15) is 40.7 Å². The van der Waals surface area contributed by atoms with Crippen LogP contribution in [0.15, 0.2) is 24.8 Å². The van der Waals surface area contributed by atoms with Crippen LogP contribution in [0.4, 0.5) is 0 Å². The van der Waals surface area contributed by atoms with Gasteiger partial charge in [0, 0.05) is 6.61 Å². The van der Waals surface area contributed by atoms with Crippen LogP contribution in [-0.2, 0) is 6.42 Å². The summed E-state index contributed by atoms with van der Waals surface area (Å²) in [6.07, 6.45) is 5.26. The molecule has 0 spiro atoms. The van der Waals surface area contributed by atoms with Crippen LogP contribution in [0.25, 0.3) is 6.08 Å². The first-order chi connectivity index (χ1) is 8.19. The number of unbranched alkanes of at least 4 members (excludes halogenated alkanes) is 2. The predicted octanol–water partition coefficient (Wildman–Crippen LogP) is 2.73. The summed E-state index contributed by atoms with van der Waals surface area (Å²) in [4.78, 5) is 10.9. The van der Waals surface area contributed by atoms with Gasteiger partial charge in [-0.1, -0.05) is 25.1 Å². The second-order valence-electron chi connectivity index (χ2n) is 3.96. The third kappa shape index (κ3) is 4.04. The second-order valence-corrected chi connectivity index (χ2v) is 3.96. The number of aryl methyl sites for hydroxylation is 1. The Morgan fingerprint density at radius 1 is 1.29 bits per heavy atom. The molecular formula is C14H18O3. The van der Waals surface area contributed by atoms with Gasteiger partial charge in [-0.3, -0.25) is 0 Å². The molecule has 0 heterocycles. The highest BCUT2D eigenvalue weighted by Gasteiger charge is 2.06. The molecule has 0 radical (unpaired) electrons. The Morgan fingerprint density at radius 2 is 2.06 bits per heavy atom. The average Bonchev–Trinajstić information content (AvgIpc) is 2.34. The topological polar surface area (TPSA) is 57.5 Å². The van der Waals surface area contributed by atoms with Gasteiger partial charge < -0.3 is 10.2 Å². The molecule has 1 aromatic rings. The molecule has 0 unspecified atom stereocenters. The van der Waals surface area contributed by atoms with Crippen LogP contribution in [-0.4, -0.2) is 22.8 Å². The number of hydrogen-bond donors (Lipinski definition) is 2. The lowest BCUT2D eigenvalue weighted by Crippen LogP contribution is -1.99. The Bertz CT molecular complexity index is 396. The number of carboxylic acids is 1. The fraction of sp³-hybridized carbons (Fsp3) is 0.357. The summed E-state index contributed by atoms with van der Waals surface area (Å²) >= 11 is 0. The van der Waals surface area contributed by atoms with Gasteiger partial charge in [0.25, 0.3) is 0 Å². The van der Waals surface area contributed by atoms with Gasteiger partial charge in [0.15, 0.2) is 0 Å². The van der Waals surface area contributed by atoms with E-state index in [9.17, 15) is 4.79 Å². The molecule has 0 saturated carbocycles. The zero-order valence-electron chi connectivity index (χ0n) is 9.85. The van der Waals surface area contributed by atoms with Crippen molar-refractivity contribution in [3.8, 4) is 0 Å². The Hall–Kier alpha value is -1.61. The monoisotopic (exact) mass is 234 g/mol. The molecule has 0 fully saturated rings. The van der Waals surface area contributed by atoms with Gasteiger partial charge in [0.1, 0.15) is 0 Å². The van der Waals surface area contributed by atoms with Crippen LogP contribution in [0, 0.1) is 0 Å². The molecule has 1 aromatic carbocycles. The molecule has 1 rings (SSSR count). The van der Waals surface area contributed by atoms with E-state index in [-0.39, 0.29) is 6.61 Å². The number of carbonyl (C=O) groups is 1. The van der Waals surface area contributed by atoms with Gasteiger partial charge in [-0.2, -0.15) is 0 Å². The van der Waals surface area contributed by atoms with Crippen LogP contribution in [0.2, 0.25) is 0 Å². The number of aromatic carboxylic acids is 1. The molecule has 0 amide bonds. The molecular weight excluding hydrogens is 216 g/mol. The smallest absolute Gasteiger partial charge is 0.335 e. The van der Waals surface area contributed by atoms with Crippen molar-refractivity contribution < 1.29 is 15.0 Å². The normalized spacial score (nSPS) is 10.2. The summed E-state index contributed by atoms with van der Waals surface area (Å²) in [5.41, 5.74) is 2.31. The lowest BCUT2D eigenvalue weighted by atomic mass is 9.98. The van der Waals surface area contributed by atoms with Gasteiger partial charge in [-0.25, -0.2) is 4.79 Å². The van der Waals surface area contributed by atoms with Crippen LogP contribution in [0.3, 0.4) is 0 Å². The highest BCUT2D eigenvalue weighted by molar-refractivity contribution is 5.88. The lowest BCUT2D eigenvalue weighted by Gasteiger charge is -2.07. The van der Waals surface area contributed by atoms with E-state index in [4.69, 9.17) is 10.2 Å². The Balaban J connectivity index is 2.75. The van der Waals surface area contributed by atoms with E-state index in [1.54, 1.807) is 24.3 Å². The number of aliphatic hydroxyl groups is 1. The van der Waals surface area contributed by atoms with E-state index >= 15 is 0 Å². The standard InChI is InChI=1S/C14H18O3/c1-2-11-7-8-13(14(16)17)10-12(11)6-4-3-5-9-15/h2,7-8,10,15H,1,3-6,9H2,(H,16,17). The van der Waals surface area contributed by atoms with E-state index in [0.29, 0.717) is 5.56 Å². The fourth-order valence-corrected chi connectivity index (χ4v) is 1.76. The molecule has 0 saturated heterocycles. The highest BCUT2D eigenvalue weighted by atomic mass is 16.4. The summed E-state index contributed by atoms with van der Waals surface area (Å²) < 4.78 is 0. The van der Waals surface area contributed by atoms with E-state index in [1.165, 1.54) is 0 Å². The summed E-state index contributed by atoms with van der Waals surface area (Å²) in [6, 6.07) is 5.09. The summed E-state index contributed by atoms with van der Waals surface area (Å²) in [7, 11) is 0. The lowest BCUT2D eigenvalue weighted by molar-refractivity contribution is 0.0696. The second kappa shape index (κ2) is 6.86. The minimum atomic E-state index is -0.905. The van der Waals surface area contributed by atoms with Gasteiger partial charge in [0.2, 0.25) is 0 Å². The third-order valence-corrected chi connectivity index (χ3v) is 2.71. The van der Waals surface area contributed by atoms with Crippen molar-refractivity contribution >= 4 is 12.0 Å². The third-order valence-electron chi connectivity index (χ3n) is 2.71. The van der Waals surface area contributed by atoms with Crippen molar-refractivity contribution in [2.75, 3.05) is 6.61 Å². The number of carboxylic acid groups (broad SMARTS) is 1. The van der Waals surface area contributed by atoms with Crippen molar-refractivity contribution in [2.45, 2.75) is 25.7 Å². The SMILES string of the molecule is C=Cc1ccc(C(=O)O)cc1CCCCCO. The van der Waals surface area contributed by atoms with Crippen molar-refractivity contribution in [2.24, 2.45) is 0 Å². The predicted molar refractivity (Wildman–Crippen MR) is 68.1 cm³/mol. The van der Waals surface area contributed by atoms with Crippen LogP contribution in [0.5, 0.6) is 0 Å². The maximum atomic E-state index is 10.9. The summed E-state index contributed by atoms with van der Waals surface area (Å²) in [5, 5.41) is 17.6. The van der Waals surface area contributed by atoms with E-state index in [1.807, 2.05) is 0 Å². The zero-order chi connectivity index (χ0) is 12.7. The first-order valence-electron chi connectivity index (χ1n) is 5.78. The molecule has 3 nitrogen and oxygen atoms in total. The highest BCUT2D eigenvalue weighted by Crippen LogP contribution is 2.16. The molecule has 92 valence electrons. The van der Waals surface area contributed by atoms with Gasteiger partial charge in [0.05, 0.1) is 5.56 Å². The molecule has 17 heavy (non-hydrogen) atoms. The molecule has 0 atom stereocenters. The largest absolute Gasteiger partial charge is 0.478 e. The first-order valence-corrected chi connectivity index (χ1v) is 5.78. The van der Waals surface area contributed by atoms with E-state index < -0.39 is 5.97 Å². The van der Waals surface area contributed by atoms with Gasteiger partial charge >= 0.3 is 5.97 Å². The van der Waals surface area contributed by atoms with Gasteiger partial charge in [-0.15, -0.1) is 0 Å². The van der Waals surface area contributed by atoms with Crippen molar-refractivity contribution in [3.05, 3.63) is 41.5 Å².